The Morgan fingerprint density at radius 1 is 1.26 bits per heavy atom. The molecule has 0 spiro atoms. The molecule has 2 aromatic rings. The van der Waals surface area contributed by atoms with E-state index in [1.54, 1.807) is 13.0 Å². The minimum Gasteiger partial charge on any atom is -0.461 e. The SMILES string of the molecule is C=Cc1c(CC[C@H]2CCC[C@@H](c3ccccc3)C2)ncnc1C(=O)OCC. The number of nitrogens with zero attached hydrogens (tertiary/aromatic N) is 2. The van der Waals surface area contributed by atoms with E-state index < -0.39 is 5.97 Å². The van der Waals surface area contributed by atoms with Crippen molar-refractivity contribution in [3.63, 3.8) is 0 Å². The molecule has 1 aromatic heterocycles. The van der Waals surface area contributed by atoms with Crippen LogP contribution in [0.25, 0.3) is 6.08 Å². The second-order valence-electron chi connectivity index (χ2n) is 7.19. The molecule has 1 aliphatic carbocycles. The second kappa shape index (κ2) is 9.45. The van der Waals surface area contributed by atoms with E-state index >= 15 is 0 Å². The average Bonchev–Trinajstić information content (AvgIpc) is 2.73. The van der Waals surface area contributed by atoms with Gasteiger partial charge in [-0.15, -0.1) is 0 Å². The minimum absolute atomic E-state index is 0.322. The van der Waals surface area contributed by atoms with Gasteiger partial charge in [0.05, 0.1) is 12.3 Å². The zero-order valence-electron chi connectivity index (χ0n) is 16.1. The summed E-state index contributed by atoms with van der Waals surface area (Å²) in [4.78, 5) is 20.7. The number of carbonyl (C=O) groups excluding carboxylic acids is 1. The lowest BCUT2D eigenvalue weighted by molar-refractivity contribution is 0.0518. The van der Waals surface area contributed by atoms with Crippen LogP contribution in [0.15, 0.2) is 43.2 Å². The fraction of sp³-hybridized carbons (Fsp3) is 0.435. The van der Waals surface area contributed by atoms with Crippen LogP contribution in [0.3, 0.4) is 0 Å². The van der Waals surface area contributed by atoms with Crippen LogP contribution in [0.5, 0.6) is 0 Å². The highest BCUT2D eigenvalue weighted by molar-refractivity contribution is 5.91. The van der Waals surface area contributed by atoms with Gasteiger partial charge >= 0.3 is 5.97 Å². The van der Waals surface area contributed by atoms with Crippen molar-refractivity contribution in [1.82, 2.24) is 9.97 Å². The molecule has 0 aliphatic heterocycles. The Morgan fingerprint density at radius 2 is 2.07 bits per heavy atom. The molecule has 0 radical (unpaired) electrons. The van der Waals surface area contributed by atoms with Crippen LogP contribution >= 0.6 is 0 Å². The first kappa shape index (κ1) is 19.3. The highest BCUT2D eigenvalue weighted by Gasteiger charge is 2.24. The number of esters is 1. The van der Waals surface area contributed by atoms with Crippen molar-refractivity contribution in [2.75, 3.05) is 6.61 Å². The molecule has 0 unspecified atom stereocenters. The Morgan fingerprint density at radius 3 is 2.81 bits per heavy atom. The van der Waals surface area contributed by atoms with E-state index in [0.717, 1.165) is 18.5 Å². The van der Waals surface area contributed by atoms with Gasteiger partial charge in [-0.25, -0.2) is 14.8 Å². The smallest absolute Gasteiger partial charge is 0.357 e. The van der Waals surface area contributed by atoms with Crippen molar-refractivity contribution in [2.24, 2.45) is 5.92 Å². The summed E-state index contributed by atoms with van der Waals surface area (Å²) in [7, 11) is 0. The largest absolute Gasteiger partial charge is 0.461 e. The summed E-state index contributed by atoms with van der Waals surface area (Å²) >= 11 is 0. The highest BCUT2D eigenvalue weighted by atomic mass is 16.5. The van der Waals surface area contributed by atoms with Gasteiger partial charge in [0.15, 0.2) is 5.69 Å². The average molecular weight is 364 g/mol. The van der Waals surface area contributed by atoms with Gasteiger partial charge in [-0.1, -0.05) is 55.8 Å². The van der Waals surface area contributed by atoms with Crippen LogP contribution < -0.4 is 0 Å². The molecule has 4 nitrogen and oxygen atoms in total. The van der Waals surface area contributed by atoms with E-state index in [2.05, 4.69) is 46.9 Å². The molecule has 2 atom stereocenters. The van der Waals surface area contributed by atoms with Crippen molar-refractivity contribution < 1.29 is 9.53 Å². The lowest BCUT2D eigenvalue weighted by atomic mass is 9.76. The predicted octanol–water partition coefficient (Wildman–Crippen LogP) is 5.20. The molecule has 0 saturated heterocycles. The van der Waals surface area contributed by atoms with Gasteiger partial charge in [0.2, 0.25) is 0 Å². The number of hydrogen-bond acceptors (Lipinski definition) is 4. The second-order valence-corrected chi connectivity index (χ2v) is 7.19. The van der Waals surface area contributed by atoms with Gasteiger partial charge in [-0.2, -0.15) is 0 Å². The monoisotopic (exact) mass is 364 g/mol. The van der Waals surface area contributed by atoms with E-state index in [-0.39, 0.29) is 0 Å². The van der Waals surface area contributed by atoms with Crippen LogP contribution in [0, 0.1) is 5.92 Å². The fourth-order valence-corrected chi connectivity index (χ4v) is 4.13. The normalized spacial score (nSPS) is 19.4. The molecular weight excluding hydrogens is 336 g/mol. The summed E-state index contributed by atoms with van der Waals surface area (Å²) in [5, 5.41) is 0. The maximum absolute atomic E-state index is 12.1. The topological polar surface area (TPSA) is 52.1 Å². The lowest BCUT2D eigenvalue weighted by Gasteiger charge is -2.29. The number of hydrogen-bond donors (Lipinski definition) is 0. The zero-order chi connectivity index (χ0) is 19.1. The molecule has 1 aromatic carbocycles. The standard InChI is InChI=1S/C23H28N2O2/c1-3-20-21(24-16-25-22(20)23(26)27-4-2)14-13-17-9-8-12-19(15-17)18-10-6-5-7-11-18/h3,5-7,10-11,16-17,19H,1,4,8-9,12-15H2,2H3/t17-,19-/m1/s1. The Kier molecular flexibility index (Phi) is 6.74. The van der Waals surface area contributed by atoms with Crippen LogP contribution in [0.4, 0.5) is 0 Å². The Hall–Kier alpha value is -2.49. The van der Waals surface area contributed by atoms with E-state index in [4.69, 9.17) is 4.74 Å². The van der Waals surface area contributed by atoms with Gasteiger partial charge in [0.1, 0.15) is 6.33 Å². The summed E-state index contributed by atoms with van der Waals surface area (Å²) in [5.74, 6) is 0.935. The molecule has 1 saturated carbocycles. The molecule has 1 aliphatic rings. The molecule has 1 fully saturated rings. The first-order chi connectivity index (χ1) is 13.2. The van der Waals surface area contributed by atoms with Gasteiger partial charge in [-0.3, -0.25) is 0 Å². The van der Waals surface area contributed by atoms with Crippen LogP contribution in [0.1, 0.15) is 72.3 Å². The summed E-state index contributed by atoms with van der Waals surface area (Å²) < 4.78 is 5.11. The van der Waals surface area contributed by atoms with E-state index in [1.807, 2.05) is 0 Å². The van der Waals surface area contributed by atoms with Gasteiger partial charge in [0.25, 0.3) is 0 Å². The molecule has 3 rings (SSSR count). The zero-order valence-corrected chi connectivity index (χ0v) is 16.1. The van der Waals surface area contributed by atoms with Gasteiger partial charge in [0, 0.05) is 5.56 Å². The lowest BCUT2D eigenvalue weighted by Crippen LogP contribution is -2.16. The van der Waals surface area contributed by atoms with Crippen LogP contribution in [0.2, 0.25) is 0 Å². The maximum atomic E-state index is 12.1. The summed E-state index contributed by atoms with van der Waals surface area (Å²) in [6, 6.07) is 10.8. The maximum Gasteiger partial charge on any atom is 0.357 e. The molecule has 4 heteroatoms. The Bertz CT molecular complexity index is 773. The van der Waals surface area contributed by atoms with Crippen molar-refractivity contribution in [2.45, 2.75) is 51.4 Å². The molecule has 0 bridgehead atoms. The third kappa shape index (κ3) is 4.82. The quantitative estimate of drug-likeness (QED) is 0.633. The summed E-state index contributed by atoms with van der Waals surface area (Å²) in [5.41, 5.74) is 3.39. The van der Waals surface area contributed by atoms with E-state index in [9.17, 15) is 4.79 Å². The van der Waals surface area contributed by atoms with Gasteiger partial charge in [-0.05, 0) is 50.0 Å². The molecule has 0 N–H and O–H groups in total. The van der Waals surface area contributed by atoms with E-state index in [0.29, 0.717) is 29.7 Å². The van der Waals surface area contributed by atoms with Crippen molar-refractivity contribution in [3.05, 3.63) is 65.8 Å². The first-order valence-corrected chi connectivity index (χ1v) is 9.91. The predicted molar refractivity (Wildman–Crippen MR) is 108 cm³/mol. The Labute approximate surface area is 161 Å². The van der Waals surface area contributed by atoms with Crippen molar-refractivity contribution >= 4 is 12.0 Å². The minimum atomic E-state index is -0.405. The third-order valence-electron chi connectivity index (χ3n) is 5.48. The summed E-state index contributed by atoms with van der Waals surface area (Å²) in [6.07, 6.45) is 10.1. The van der Waals surface area contributed by atoms with Crippen LogP contribution in [-0.4, -0.2) is 22.5 Å². The number of aromatic nitrogens is 2. The summed E-state index contributed by atoms with van der Waals surface area (Å²) in [6.45, 7) is 5.98. The van der Waals surface area contributed by atoms with Crippen molar-refractivity contribution in [3.8, 4) is 0 Å². The number of carbonyl (C=O) groups is 1. The fourth-order valence-electron chi connectivity index (χ4n) is 4.13. The molecule has 0 amide bonds. The highest BCUT2D eigenvalue weighted by Crippen LogP contribution is 2.38. The van der Waals surface area contributed by atoms with E-state index in [1.165, 1.54) is 37.6 Å². The number of aryl methyl sites for hydroxylation is 1. The Balaban J connectivity index is 1.67. The van der Waals surface area contributed by atoms with Crippen LogP contribution in [-0.2, 0) is 11.2 Å². The number of benzene rings is 1. The third-order valence-corrected chi connectivity index (χ3v) is 5.48. The van der Waals surface area contributed by atoms with Gasteiger partial charge < -0.3 is 4.74 Å². The molecular formula is C23H28N2O2. The van der Waals surface area contributed by atoms with Crippen molar-refractivity contribution in [1.29, 1.82) is 0 Å². The number of ether oxygens (including phenoxy) is 1. The molecule has 27 heavy (non-hydrogen) atoms. The first-order valence-electron chi connectivity index (χ1n) is 9.91. The molecule has 1 heterocycles. The number of rotatable bonds is 7. The molecule has 142 valence electrons.